The molecule has 3 N–H and O–H groups in total. The second kappa shape index (κ2) is 3.53. The van der Waals surface area contributed by atoms with Gasteiger partial charge in [0.25, 0.3) is 0 Å². The molecule has 0 heterocycles. The fourth-order valence-corrected chi connectivity index (χ4v) is 2.31. The van der Waals surface area contributed by atoms with Crippen LogP contribution in [0, 0.1) is 13.8 Å². The number of nitrogens with two attached hydrogens (primary N) is 1. The number of benzene rings is 1. The van der Waals surface area contributed by atoms with Crippen molar-refractivity contribution in [1.82, 2.24) is 0 Å². The standard InChI is InChI=1S/C13H19NO/c1-9-7-11(12(15)8-10(9)2)13(3-4-13)5-6-14/h7-8,15H,3-6,14H2,1-2H3. The Balaban J connectivity index is 2.40. The van der Waals surface area contributed by atoms with Gasteiger partial charge < -0.3 is 10.8 Å². The summed E-state index contributed by atoms with van der Waals surface area (Å²) >= 11 is 0. The fourth-order valence-electron chi connectivity index (χ4n) is 2.31. The third kappa shape index (κ3) is 1.74. The van der Waals surface area contributed by atoms with Gasteiger partial charge in [-0.05, 0) is 56.8 Å². The van der Waals surface area contributed by atoms with Gasteiger partial charge in [0.1, 0.15) is 5.75 Å². The molecule has 1 aliphatic rings. The van der Waals surface area contributed by atoms with Crippen molar-refractivity contribution in [3.05, 3.63) is 28.8 Å². The van der Waals surface area contributed by atoms with Crippen molar-refractivity contribution in [2.45, 2.75) is 38.5 Å². The van der Waals surface area contributed by atoms with Crippen LogP contribution in [-0.2, 0) is 5.41 Å². The van der Waals surface area contributed by atoms with Crippen molar-refractivity contribution in [2.75, 3.05) is 6.54 Å². The summed E-state index contributed by atoms with van der Waals surface area (Å²) in [5, 5.41) is 9.98. The van der Waals surface area contributed by atoms with Crippen LogP contribution in [0.25, 0.3) is 0 Å². The highest BCUT2D eigenvalue weighted by Gasteiger charge is 2.45. The molecule has 0 aromatic heterocycles. The molecule has 15 heavy (non-hydrogen) atoms. The lowest BCUT2D eigenvalue weighted by molar-refractivity contribution is 0.454. The molecule has 1 aromatic carbocycles. The summed E-state index contributed by atoms with van der Waals surface area (Å²) < 4.78 is 0. The van der Waals surface area contributed by atoms with Gasteiger partial charge in [0.2, 0.25) is 0 Å². The predicted octanol–water partition coefficient (Wildman–Crippen LogP) is 2.39. The molecule has 2 rings (SSSR count). The number of phenolic OH excluding ortho intramolecular Hbond substituents is 1. The molecule has 1 aliphatic carbocycles. The minimum absolute atomic E-state index is 0.192. The predicted molar refractivity (Wildman–Crippen MR) is 62.2 cm³/mol. The van der Waals surface area contributed by atoms with E-state index >= 15 is 0 Å². The van der Waals surface area contributed by atoms with Gasteiger partial charge in [-0.25, -0.2) is 0 Å². The first-order valence-corrected chi connectivity index (χ1v) is 5.60. The number of phenols is 1. The van der Waals surface area contributed by atoms with Gasteiger partial charge in [0.15, 0.2) is 0 Å². The van der Waals surface area contributed by atoms with Crippen LogP contribution in [0.15, 0.2) is 12.1 Å². The maximum absolute atomic E-state index is 9.98. The van der Waals surface area contributed by atoms with E-state index in [1.165, 1.54) is 18.4 Å². The number of aryl methyl sites for hydroxylation is 2. The molecule has 1 saturated carbocycles. The third-order valence-corrected chi connectivity index (χ3v) is 3.66. The van der Waals surface area contributed by atoms with Crippen LogP contribution >= 0.6 is 0 Å². The maximum Gasteiger partial charge on any atom is 0.119 e. The Kier molecular flexibility index (Phi) is 2.47. The zero-order valence-electron chi connectivity index (χ0n) is 9.51. The quantitative estimate of drug-likeness (QED) is 0.796. The van der Waals surface area contributed by atoms with E-state index in [0.29, 0.717) is 12.3 Å². The van der Waals surface area contributed by atoms with Crippen LogP contribution in [0.2, 0.25) is 0 Å². The Morgan fingerprint density at radius 3 is 2.40 bits per heavy atom. The largest absolute Gasteiger partial charge is 0.508 e. The molecule has 0 amide bonds. The zero-order valence-corrected chi connectivity index (χ0v) is 9.51. The van der Waals surface area contributed by atoms with Gasteiger partial charge >= 0.3 is 0 Å². The summed E-state index contributed by atoms with van der Waals surface area (Å²) in [5.41, 5.74) is 9.34. The molecular formula is C13H19NO. The Hall–Kier alpha value is -1.02. The molecule has 2 nitrogen and oxygen atoms in total. The lowest BCUT2D eigenvalue weighted by Gasteiger charge is -2.17. The summed E-state index contributed by atoms with van der Waals surface area (Å²) in [6.45, 7) is 4.82. The van der Waals surface area contributed by atoms with Crippen LogP contribution in [0.5, 0.6) is 5.75 Å². The van der Waals surface area contributed by atoms with E-state index in [-0.39, 0.29) is 5.41 Å². The minimum atomic E-state index is 0.192. The molecule has 2 heteroatoms. The first-order chi connectivity index (χ1) is 7.09. The lowest BCUT2D eigenvalue weighted by atomic mass is 9.89. The number of rotatable bonds is 3. The van der Waals surface area contributed by atoms with Crippen LogP contribution < -0.4 is 5.73 Å². The molecule has 0 saturated heterocycles. The Labute approximate surface area is 91.1 Å². The fraction of sp³-hybridized carbons (Fsp3) is 0.538. The summed E-state index contributed by atoms with van der Waals surface area (Å²) in [4.78, 5) is 0. The molecule has 0 atom stereocenters. The number of hydrogen-bond donors (Lipinski definition) is 2. The second-order valence-corrected chi connectivity index (χ2v) is 4.77. The van der Waals surface area contributed by atoms with E-state index in [4.69, 9.17) is 5.73 Å². The topological polar surface area (TPSA) is 46.2 Å². The van der Waals surface area contributed by atoms with Gasteiger partial charge in [-0.15, -0.1) is 0 Å². The summed E-state index contributed by atoms with van der Waals surface area (Å²) in [5.74, 6) is 0.448. The molecule has 0 aliphatic heterocycles. The van der Waals surface area contributed by atoms with Gasteiger partial charge in [-0.2, -0.15) is 0 Å². The molecule has 0 unspecified atom stereocenters. The second-order valence-electron chi connectivity index (χ2n) is 4.77. The van der Waals surface area contributed by atoms with E-state index in [2.05, 4.69) is 13.0 Å². The van der Waals surface area contributed by atoms with Crippen LogP contribution in [0.1, 0.15) is 36.0 Å². The molecule has 0 radical (unpaired) electrons. The zero-order chi connectivity index (χ0) is 11.1. The number of aromatic hydroxyl groups is 1. The Morgan fingerprint density at radius 1 is 1.27 bits per heavy atom. The minimum Gasteiger partial charge on any atom is -0.508 e. The monoisotopic (exact) mass is 205 g/mol. The summed E-state index contributed by atoms with van der Waals surface area (Å²) in [7, 11) is 0. The number of hydrogen-bond acceptors (Lipinski definition) is 2. The van der Waals surface area contributed by atoms with Gasteiger partial charge in [-0.1, -0.05) is 6.07 Å². The normalized spacial score (nSPS) is 17.8. The summed E-state index contributed by atoms with van der Waals surface area (Å²) in [6.07, 6.45) is 3.32. The van der Waals surface area contributed by atoms with E-state index in [1.54, 1.807) is 0 Å². The Morgan fingerprint density at radius 2 is 1.87 bits per heavy atom. The average molecular weight is 205 g/mol. The lowest BCUT2D eigenvalue weighted by Crippen LogP contribution is -2.14. The van der Waals surface area contributed by atoms with Crippen molar-refractivity contribution in [3.8, 4) is 5.75 Å². The third-order valence-electron chi connectivity index (χ3n) is 3.66. The van der Waals surface area contributed by atoms with Crippen LogP contribution in [0.4, 0.5) is 0 Å². The summed E-state index contributed by atoms with van der Waals surface area (Å²) in [6, 6.07) is 4.01. The molecule has 1 fully saturated rings. The molecule has 1 aromatic rings. The van der Waals surface area contributed by atoms with E-state index < -0.39 is 0 Å². The highest BCUT2D eigenvalue weighted by atomic mass is 16.3. The van der Waals surface area contributed by atoms with Gasteiger partial charge in [-0.3, -0.25) is 0 Å². The smallest absolute Gasteiger partial charge is 0.119 e. The van der Waals surface area contributed by atoms with E-state index in [0.717, 1.165) is 17.5 Å². The van der Waals surface area contributed by atoms with Crippen molar-refractivity contribution in [2.24, 2.45) is 5.73 Å². The van der Waals surface area contributed by atoms with Crippen molar-refractivity contribution in [1.29, 1.82) is 0 Å². The average Bonchev–Trinajstić information content (AvgIpc) is 2.93. The first kappa shape index (κ1) is 10.5. The first-order valence-electron chi connectivity index (χ1n) is 5.60. The molecular weight excluding hydrogens is 186 g/mol. The van der Waals surface area contributed by atoms with Gasteiger partial charge in [0, 0.05) is 11.0 Å². The van der Waals surface area contributed by atoms with Crippen molar-refractivity contribution in [3.63, 3.8) is 0 Å². The van der Waals surface area contributed by atoms with E-state index in [1.807, 2.05) is 13.0 Å². The molecule has 0 bridgehead atoms. The highest BCUT2D eigenvalue weighted by Crippen LogP contribution is 2.53. The van der Waals surface area contributed by atoms with Gasteiger partial charge in [0.05, 0.1) is 0 Å². The van der Waals surface area contributed by atoms with Crippen LogP contribution in [-0.4, -0.2) is 11.7 Å². The maximum atomic E-state index is 9.98. The Bertz CT molecular complexity index is 380. The van der Waals surface area contributed by atoms with Crippen molar-refractivity contribution >= 4 is 0 Å². The van der Waals surface area contributed by atoms with Crippen molar-refractivity contribution < 1.29 is 5.11 Å². The van der Waals surface area contributed by atoms with Crippen LogP contribution in [0.3, 0.4) is 0 Å². The molecule has 82 valence electrons. The SMILES string of the molecule is Cc1cc(O)c(C2(CCN)CC2)cc1C. The molecule has 0 spiro atoms. The highest BCUT2D eigenvalue weighted by molar-refractivity contribution is 5.47. The van der Waals surface area contributed by atoms with E-state index in [9.17, 15) is 5.11 Å².